The summed E-state index contributed by atoms with van der Waals surface area (Å²) in [6, 6.07) is 0. The predicted octanol–water partition coefficient (Wildman–Crippen LogP) is 1.76. The van der Waals surface area contributed by atoms with E-state index in [1.165, 1.54) is 0 Å². The van der Waals surface area contributed by atoms with Gasteiger partial charge in [0.15, 0.2) is 5.60 Å². The molecule has 7 nitrogen and oxygen atoms in total. The lowest BCUT2D eigenvalue weighted by Gasteiger charge is -2.21. The Labute approximate surface area is 137 Å². The molecule has 0 radical (unpaired) electrons. The Morgan fingerprint density at radius 1 is 0.870 bits per heavy atom. The first-order chi connectivity index (χ1) is 10.6. The average molecular weight is 332 g/mol. The molecule has 0 aromatic rings. The van der Waals surface area contributed by atoms with Gasteiger partial charge in [0, 0.05) is 0 Å². The summed E-state index contributed by atoms with van der Waals surface area (Å²) in [5, 5.41) is 19.1. The molecule has 23 heavy (non-hydrogen) atoms. The van der Waals surface area contributed by atoms with Crippen LogP contribution in [0.4, 0.5) is 0 Å². The van der Waals surface area contributed by atoms with E-state index in [4.69, 9.17) is 14.6 Å². The Morgan fingerprint density at radius 3 is 1.48 bits per heavy atom. The SMILES string of the molecule is CC(C)CCOC(=O)CC(O)(CC(=O)OCCC(C)C)C(=O)O. The standard InChI is InChI=1S/C16H28O7/c1-11(2)5-7-22-13(17)9-16(21,15(19)20)10-14(18)23-8-6-12(3)4/h11-12,21H,5-10H2,1-4H3,(H,19,20). The maximum atomic E-state index is 11.6. The number of carboxylic acid groups (broad SMARTS) is 1. The highest BCUT2D eigenvalue weighted by Crippen LogP contribution is 2.18. The smallest absolute Gasteiger partial charge is 0.336 e. The van der Waals surface area contributed by atoms with Crippen LogP contribution >= 0.6 is 0 Å². The summed E-state index contributed by atoms with van der Waals surface area (Å²) < 4.78 is 9.76. The molecule has 0 aromatic heterocycles. The molecular weight excluding hydrogens is 304 g/mol. The first-order valence-electron chi connectivity index (χ1n) is 7.84. The van der Waals surface area contributed by atoms with E-state index in [1.807, 2.05) is 27.7 Å². The number of aliphatic hydroxyl groups is 1. The number of hydrogen-bond donors (Lipinski definition) is 2. The van der Waals surface area contributed by atoms with Gasteiger partial charge in [0.2, 0.25) is 0 Å². The van der Waals surface area contributed by atoms with E-state index in [1.54, 1.807) is 0 Å². The molecule has 7 heteroatoms. The largest absolute Gasteiger partial charge is 0.479 e. The van der Waals surface area contributed by atoms with Gasteiger partial charge >= 0.3 is 17.9 Å². The summed E-state index contributed by atoms with van der Waals surface area (Å²) in [5.41, 5.74) is -2.51. The maximum Gasteiger partial charge on any atom is 0.336 e. The fourth-order valence-electron chi connectivity index (χ4n) is 1.61. The van der Waals surface area contributed by atoms with E-state index in [-0.39, 0.29) is 13.2 Å². The van der Waals surface area contributed by atoms with E-state index in [0.29, 0.717) is 24.7 Å². The highest BCUT2D eigenvalue weighted by atomic mass is 16.5. The number of carbonyl (C=O) groups excluding carboxylic acids is 2. The van der Waals surface area contributed by atoms with Crippen molar-refractivity contribution >= 4 is 17.9 Å². The zero-order chi connectivity index (χ0) is 18.0. The van der Waals surface area contributed by atoms with Crippen LogP contribution in [0.5, 0.6) is 0 Å². The Hall–Kier alpha value is -1.63. The topological polar surface area (TPSA) is 110 Å². The number of aliphatic carboxylic acids is 1. The van der Waals surface area contributed by atoms with Crippen molar-refractivity contribution in [1.29, 1.82) is 0 Å². The Balaban J connectivity index is 4.46. The van der Waals surface area contributed by atoms with Crippen molar-refractivity contribution < 1.29 is 34.1 Å². The van der Waals surface area contributed by atoms with Crippen molar-refractivity contribution in [2.24, 2.45) is 11.8 Å². The Morgan fingerprint density at radius 2 is 1.22 bits per heavy atom. The molecule has 0 atom stereocenters. The van der Waals surface area contributed by atoms with Gasteiger partial charge in [-0.2, -0.15) is 0 Å². The molecule has 0 aliphatic rings. The van der Waals surface area contributed by atoms with Crippen molar-refractivity contribution in [3.05, 3.63) is 0 Å². The second-order valence-corrected chi connectivity index (χ2v) is 6.50. The molecule has 0 saturated heterocycles. The molecule has 0 bridgehead atoms. The van der Waals surface area contributed by atoms with E-state index in [2.05, 4.69) is 0 Å². The summed E-state index contributed by atoms with van der Waals surface area (Å²) >= 11 is 0. The van der Waals surface area contributed by atoms with Crippen LogP contribution in [-0.4, -0.2) is 46.9 Å². The molecule has 134 valence electrons. The zero-order valence-electron chi connectivity index (χ0n) is 14.3. The molecule has 0 aliphatic heterocycles. The molecule has 0 aromatic carbocycles. The minimum absolute atomic E-state index is 0.144. The van der Waals surface area contributed by atoms with E-state index >= 15 is 0 Å². The third-order valence-electron chi connectivity index (χ3n) is 3.19. The lowest BCUT2D eigenvalue weighted by molar-refractivity contribution is -0.173. The quantitative estimate of drug-likeness (QED) is 0.555. The van der Waals surface area contributed by atoms with Crippen molar-refractivity contribution in [3.8, 4) is 0 Å². The van der Waals surface area contributed by atoms with Crippen LogP contribution < -0.4 is 0 Å². The van der Waals surface area contributed by atoms with Gasteiger partial charge in [-0.15, -0.1) is 0 Å². The van der Waals surface area contributed by atoms with Crippen molar-refractivity contribution in [1.82, 2.24) is 0 Å². The Bertz CT molecular complexity index is 373. The molecule has 0 fully saturated rings. The maximum absolute atomic E-state index is 11.6. The van der Waals surface area contributed by atoms with E-state index < -0.39 is 36.4 Å². The van der Waals surface area contributed by atoms with Crippen LogP contribution in [-0.2, 0) is 23.9 Å². The van der Waals surface area contributed by atoms with Crippen LogP contribution in [0, 0.1) is 11.8 Å². The number of hydrogen-bond acceptors (Lipinski definition) is 6. The molecule has 0 spiro atoms. The summed E-state index contributed by atoms with van der Waals surface area (Å²) in [6.45, 7) is 8.10. The number of carbonyl (C=O) groups is 3. The lowest BCUT2D eigenvalue weighted by atomic mass is 9.96. The highest BCUT2D eigenvalue weighted by Gasteiger charge is 2.42. The highest BCUT2D eigenvalue weighted by molar-refractivity contribution is 5.88. The number of rotatable bonds is 11. The molecule has 0 rings (SSSR count). The summed E-state index contributed by atoms with van der Waals surface area (Å²) in [4.78, 5) is 34.5. The minimum atomic E-state index is -2.51. The summed E-state index contributed by atoms with van der Waals surface area (Å²) in [6.07, 6.45) is -0.317. The normalized spacial score (nSPS) is 11.6. The second-order valence-electron chi connectivity index (χ2n) is 6.50. The first-order valence-corrected chi connectivity index (χ1v) is 7.84. The summed E-state index contributed by atoms with van der Waals surface area (Å²) in [5.74, 6) is -2.70. The zero-order valence-corrected chi connectivity index (χ0v) is 14.3. The van der Waals surface area contributed by atoms with E-state index in [9.17, 15) is 19.5 Å². The third-order valence-corrected chi connectivity index (χ3v) is 3.19. The predicted molar refractivity (Wildman–Crippen MR) is 82.6 cm³/mol. The molecule has 0 amide bonds. The first kappa shape index (κ1) is 21.4. The van der Waals surface area contributed by atoms with Crippen LogP contribution in [0.1, 0.15) is 53.4 Å². The van der Waals surface area contributed by atoms with Gasteiger partial charge in [-0.05, 0) is 24.7 Å². The van der Waals surface area contributed by atoms with Crippen molar-refractivity contribution in [2.45, 2.75) is 59.0 Å². The molecule has 0 saturated carbocycles. The van der Waals surface area contributed by atoms with Gasteiger partial charge < -0.3 is 19.7 Å². The van der Waals surface area contributed by atoms with Gasteiger partial charge in [-0.25, -0.2) is 4.79 Å². The van der Waals surface area contributed by atoms with E-state index in [0.717, 1.165) is 0 Å². The average Bonchev–Trinajstić information content (AvgIpc) is 2.36. The van der Waals surface area contributed by atoms with Gasteiger partial charge in [-0.3, -0.25) is 9.59 Å². The van der Waals surface area contributed by atoms with Crippen molar-refractivity contribution in [2.75, 3.05) is 13.2 Å². The second kappa shape index (κ2) is 10.2. The van der Waals surface area contributed by atoms with Gasteiger partial charge in [-0.1, -0.05) is 27.7 Å². The van der Waals surface area contributed by atoms with Crippen LogP contribution in [0.2, 0.25) is 0 Å². The van der Waals surface area contributed by atoms with Crippen LogP contribution in [0.3, 0.4) is 0 Å². The molecular formula is C16H28O7. The lowest BCUT2D eigenvalue weighted by Crippen LogP contribution is -2.43. The number of ether oxygens (including phenoxy) is 2. The van der Waals surface area contributed by atoms with Gasteiger partial charge in [0.05, 0.1) is 26.1 Å². The molecule has 0 aliphatic carbocycles. The Kier molecular flexibility index (Phi) is 9.48. The fraction of sp³-hybridized carbons (Fsp3) is 0.812. The number of esters is 2. The third kappa shape index (κ3) is 9.89. The molecule has 2 N–H and O–H groups in total. The molecule has 0 heterocycles. The van der Waals surface area contributed by atoms with Gasteiger partial charge in [0.1, 0.15) is 0 Å². The fourth-order valence-corrected chi connectivity index (χ4v) is 1.61. The van der Waals surface area contributed by atoms with Crippen molar-refractivity contribution in [3.63, 3.8) is 0 Å². The minimum Gasteiger partial charge on any atom is -0.479 e. The monoisotopic (exact) mass is 332 g/mol. The van der Waals surface area contributed by atoms with Crippen LogP contribution in [0.25, 0.3) is 0 Å². The summed E-state index contributed by atoms with van der Waals surface area (Å²) in [7, 11) is 0. The molecule has 0 unspecified atom stereocenters. The van der Waals surface area contributed by atoms with Crippen LogP contribution in [0.15, 0.2) is 0 Å². The van der Waals surface area contributed by atoms with Gasteiger partial charge in [0.25, 0.3) is 0 Å². The number of carboxylic acids is 1.